The second kappa shape index (κ2) is 9.35. The van der Waals surface area contributed by atoms with Crippen LogP contribution >= 0.6 is 0 Å². The van der Waals surface area contributed by atoms with Gasteiger partial charge >= 0.3 is 5.97 Å². The van der Waals surface area contributed by atoms with Crippen LogP contribution in [0.2, 0.25) is 5.04 Å². The van der Waals surface area contributed by atoms with E-state index in [1.165, 1.54) is 17.5 Å². The highest BCUT2D eigenvalue weighted by Gasteiger charge is 2.50. The number of carbonyl (C=O) groups excluding carboxylic acids is 1. The quantitative estimate of drug-likeness (QED) is 0.397. The number of ether oxygens (including phenoxy) is 1. The molecule has 2 aromatic rings. The average molecular weight is 397 g/mol. The fraction of sp³-hybridized carbons (Fsp3) is 0.375. The zero-order valence-corrected chi connectivity index (χ0v) is 18.9. The summed E-state index contributed by atoms with van der Waals surface area (Å²) in [6.07, 6.45) is 1.93. The fourth-order valence-electron chi connectivity index (χ4n) is 3.72. The van der Waals surface area contributed by atoms with Gasteiger partial charge in [0.15, 0.2) is 0 Å². The first-order valence-corrected chi connectivity index (χ1v) is 11.6. The number of hydrogen-bond donors (Lipinski definition) is 0. The Kier molecular flexibility index (Phi) is 7.39. The molecule has 0 aromatic heterocycles. The van der Waals surface area contributed by atoms with Crippen molar-refractivity contribution in [2.75, 3.05) is 13.7 Å². The summed E-state index contributed by atoms with van der Waals surface area (Å²) >= 11 is 0. The summed E-state index contributed by atoms with van der Waals surface area (Å²) in [6, 6.07) is 21.2. The molecule has 0 radical (unpaired) electrons. The Balaban J connectivity index is 2.46. The third-order valence-electron chi connectivity index (χ3n) is 5.02. The smallest absolute Gasteiger partial charge is 0.333 e. The minimum atomic E-state index is -2.54. The van der Waals surface area contributed by atoms with Crippen molar-refractivity contribution in [1.82, 2.24) is 0 Å². The molecule has 0 unspecified atom stereocenters. The minimum Gasteiger partial charge on any atom is -0.466 e. The Labute approximate surface area is 170 Å². The number of benzene rings is 2. The van der Waals surface area contributed by atoms with E-state index in [-0.39, 0.29) is 16.9 Å². The molecule has 28 heavy (non-hydrogen) atoms. The standard InChI is InChI=1S/C24H32O3Si/c1-19(17-20(2)23(25)26-6)18-27-28(24(3,4)5,21-13-9-7-10-14-21)22-15-11-8-12-16-22/h7-17,19H,18H2,1-6H3/b20-17-/t19-/m1/s1. The summed E-state index contributed by atoms with van der Waals surface area (Å²) in [4.78, 5) is 11.7. The van der Waals surface area contributed by atoms with E-state index >= 15 is 0 Å². The first kappa shape index (κ1) is 22.1. The van der Waals surface area contributed by atoms with Crippen molar-refractivity contribution in [2.24, 2.45) is 5.92 Å². The van der Waals surface area contributed by atoms with Gasteiger partial charge in [-0.1, -0.05) is 94.4 Å². The number of rotatable bonds is 7. The van der Waals surface area contributed by atoms with Gasteiger partial charge in [-0.15, -0.1) is 0 Å². The molecule has 2 aromatic carbocycles. The van der Waals surface area contributed by atoms with Crippen molar-refractivity contribution in [2.45, 2.75) is 39.7 Å². The second-order valence-corrected chi connectivity index (χ2v) is 12.6. The predicted octanol–water partition coefficient (Wildman–Crippen LogP) is 4.32. The van der Waals surface area contributed by atoms with E-state index in [0.717, 1.165) is 0 Å². The Morgan fingerprint density at radius 2 is 1.46 bits per heavy atom. The van der Waals surface area contributed by atoms with Gasteiger partial charge in [0.25, 0.3) is 8.32 Å². The third kappa shape index (κ3) is 4.81. The first-order chi connectivity index (χ1) is 13.2. The maximum absolute atomic E-state index is 11.7. The zero-order valence-electron chi connectivity index (χ0n) is 17.9. The summed E-state index contributed by atoms with van der Waals surface area (Å²) in [6.45, 7) is 11.2. The highest BCUT2D eigenvalue weighted by atomic mass is 28.4. The maximum atomic E-state index is 11.7. The molecule has 0 bridgehead atoms. The van der Waals surface area contributed by atoms with Crippen LogP contribution in [0, 0.1) is 5.92 Å². The molecule has 0 aliphatic carbocycles. The molecule has 0 aliphatic heterocycles. The molecule has 0 saturated heterocycles. The maximum Gasteiger partial charge on any atom is 0.333 e. The second-order valence-electron chi connectivity index (χ2n) is 8.29. The molecule has 2 rings (SSSR count). The van der Waals surface area contributed by atoms with Crippen LogP contribution in [-0.2, 0) is 14.0 Å². The molecule has 4 heteroatoms. The molecule has 0 saturated carbocycles. The lowest BCUT2D eigenvalue weighted by molar-refractivity contribution is -0.136. The van der Waals surface area contributed by atoms with Crippen LogP contribution in [0.15, 0.2) is 72.3 Å². The van der Waals surface area contributed by atoms with E-state index in [2.05, 4.69) is 76.2 Å². The predicted molar refractivity (Wildman–Crippen MR) is 119 cm³/mol. The van der Waals surface area contributed by atoms with Crippen molar-refractivity contribution >= 4 is 24.7 Å². The summed E-state index contributed by atoms with van der Waals surface area (Å²) < 4.78 is 11.7. The minimum absolute atomic E-state index is 0.0590. The van der Waals surface area contributed by atoms with Gasteiger partial charge in [-0.25, -0.2) is 4.79 Å². The molecular formula is C24H32O3Si. The zero-order chi connectivity index (χ0) is 20.8. The largest absolute Gasteiger partial charge is 0.466 e. The average Bonchev–Trinajstić information content (AvgIpc) is 2.68. The van der Waals surface area contributed by atoms with E-state index in [9.17, 15) is 4.79 Å². The molecule has 0 spiro atoms. The van der Waals surface area contributed by atoms with Crippen LogP contribution in [0.3, 0.4) is 0 Å². The number of carbonyl (C=O) groups is 1. The Morgan fingerprint density at radius 3 is 1.86 bits per heavy atom. The molecule has 0 N–H and O–H groups in total. The monoisotopic (exact) mass is 396 g/mol. The normalized spacial score (nSPS) is 13.9. The molecule has 1 atom stereocenters. The highest BCUT2D eigenvalue weighted by Crippen LogP contribution is 2.37. The number of hydrogen-bond acceptors (Lipinski definition) is 3. The van der Waals surface area contributed by atoms with Crippen LogP contribution in [0.4, 0.5) is 0 Å². The summed E-state index contributed by atoms with van der Waals surface area (Å²) in [5.74, 6) is -0.196. The Bertz CT molecular complexity index is 752. The molecular weight excluding hydrogens is 364 g/mol. The lowest BCUT2D eigenvalue weighted by Gasteiger charge is -2.43. The van der Waals surface area contributed by atoms with Gasteiger partial charge in [0.05, 0.1) is 7.11 Å². The van der Waals surface area contributed by atoms with E-state index < -0.39 is 8.32 Å². The van der Waals surface area contributed by atoms with Crippen molar-refractivity contribution in [3.8, 4) is 0 Å². The van der Waals surface area contributed by atoms with Gasteiger partial charge in [-0.2, -0.15) is 0 Å². The Hall–Kier alpha value is -2.17. The number of esters is 1. The van der Waals surface area contributed by atoms with E-state index in [4.69, 9.17) is 9.16 Å². The van der Waals surface area contributed by atoms with Crippen molar-refractivity contribution < 1.29 is 14.0 Å². The molecule has 0 amide bonds. The lowest BCUT2D eigenvalue weighted by atomic mass is 10.1. The van der Waals surface area contributed by atoms with Crippen LogP contribution in [0.5, 0.6) is 0 Å². The van der Waals surface area contributed by atoms with Gasteiger partial charge in [0, 0.05) is 12.2 Å². The van der Waals surface area contributed by atoms with Crippen LogP contribution in [0.1, 0.15) is 34.6 Å². The molecule has 0 aliphatic rings. The molecule has 0 heterocycles. The van der Waals surface area contributed by atoms with Crippen molar-refractivity contribution in [3.63, 3.8) is 0 Å². The van der Waals surface area contributed by atoms with E-state index in [0.29, 0.717) is 12.2 Å². The lowest BCUT2D eigenvalue weighted by Crippen LogP contribution is -2.66. The highest BCUT2D eigenvalue weighted by molar-refractivity contribution is 6.99. The van der Waals surface area contributed by atoms with E-state index in [1.807, 2.05) is 18.2 Å². The SMILES string of the molecule is COC(=O)/C(C)=C\[C@@H](C)CO[Si](c1ccccc1)(c1ccccc1)C(C)(C)C. The summed E-state index contributed by atoms with van der Waals surface area (Å²) in [5.41, 5.74) is 0.612. The van der Waals surface area contributed by atoms with Crippen LogP contribution in [-0.4, -0.2) is 28.0 Å². The Morgan fingerprint density at radius 1 is 1.00 bits per heavy atom. The molecule has 150 valence electrons. The van der Waals surface area contributed by atoms with Crippen LogP contribution in [0.25, 0.3) is 0 Å². The number of methoxy groups -OCH3 is 1. The fourth-order valence-corrected chi connectivity index (χ4v) is 8.39. The van der Waals surface area contributed by atoms with Crippen LogP contribution < -0.4 is 10.4 Å². The van der Waals surface area contributed by atoms with Gasteiger partial charge in [0.1, 0.15) is 0 Å². The topological polar surface area (TPSA) is 35.5 Å². The summed E-state index contributed by atoms with van der Waals surface area (Å²) in [7, 11) is -1.14. The molecule has 3 nitrogen and oxygen atoms in total. The van der Waals surface area contributed by atoms with Gasteiger partial charge in [0.2, 0.25) is 0 Å². The van der Waals surface area contributed by atoms with Gasteiger partial charge in [-0.05, 0) is 28.3 Å². The van der Waals surface area contributed by atoms with Gasteiger partial charge < -0.3 is 9.16 Å². The van der Waals surface area contributed by atoms with Crippen molar-refractivity contribution in [1.29, 1.82) is 0 Å². The molecule has 0 fully saturated rings. The third-order valence-corrected chi connectivity index (χ3v) is 10.0. The summed E-state index contributed by atoms with van der Waals surface area (Å²) in [5, 5.41) is 2.46. The first-order valence-electron chi connectivity index (χ1n) is 9.74. The van der Waals surface area contributed by atoms with E-state index in [1.54, 1.807) is 6.92 Å². The van der Waals surface area contributed by atoms with Gasteiger partial charge in [-0.3, -0.25) is 0 Å². The van der Waals surface area contributed by atoms with Crippen molar-refractivity contribution in [3.05, 3.63) is 72.3 Å².